The molecule has 0 aliphatic heterocycles. The summed E-state index contributed by atoms with van der Waals surface area (Å²) in [6, 6.07) is 9.76. The molecule has 0 aliphatic carbocycles. The molecule has 0 atom stereocenters. The largest absolute Gasteiger partial charge is 0.346 e. The first kappa shape index (κ1) is 11.3. The lowest BCUT2D eigenvalue weighted by molar-refractivity contribution is 0.178. The number of nitrogens with zero attached hydrogens (tertiary/aromatic N) is 1. The highest BCUT2D eigenvalue weighted by Gasteiger charge is 1.99. The molecule has 0 saturated heterocycles. The Labute approximate surface area is 98.4 Å². The van der Waals surface area contributed by atoms with Gasteiger partial charge in [0.2, 0.25) is 0 Å². The van der Waals surface area contributed by atoms with E-state index in [9.17, 15) is 4.79 Å². The number of benzene rings is 1. The molecule has 0 fully saturated rings. The van der Waals surface area contributed by atoms with Gasteiger partial charge in [-0.15, -0.1) is 0 Å². The van der Waals surface area contributed by atoms with Gasteiger partial charge in [-0.3, -0.25) is 15.3 Å². The Morgan fingerprint density at radius 1 is 1.35 bits per heavy atom. The molecule has 17 heavy (non-hydrogen) atoms. The number of hydrogen-bond donors (Lipinski definition) is 2. The second-order valence-corrected chi connectivity index (χ2v) is 3.62. The second kappa shape index (κ2) is 5.27. The summed E-state index contributed by atoms with van der Waals surface area (Å²) in [7, 11) is 0. The van der Waals surface area contributed by atoms with Gasteiger partial charge in [-0.05, 0) is 12.5 Å². The molecule has 0 bridgehead atoms. The van der Waals surface area contributed by atoms with Gasteiger partial charge in [0.25, 0.3) is 0 Å². The Bertz CT molecular complexity index is 537. The van der Waals surface area contributed by atoms with Crippen molar-refractivity contribution in [1.82, 2.24) is 9.97 Å². The van der Waals surface area contributed by atoms with Crippen molar-refractivity contribution in [2.75, 3.05) is 5.48 Å². The molecule has 0 aliphatic rings. The van der Waals surface area contributed by atoms with Crippen molar-refractivity contribution < 1.29 is 4.84 Å². The summed E-state index contributed by atoms with van der Waals surface area (Å²) in [5.74, 6) is 0.529. The van der Waals surface area contributed by atoms with Crippen LogP contribution in [-0.2, 0) is 11.4 Å². The smallest absolute Gasteiger partial charge is 0.290 e. The van der Waals surface area contributed by atoms with Crippen molar-refractivity contribution in [2.24, 2.45) is 0 Å². The Morgan fingerprint density at radius 3 is 2.88 bits per heavy atom. The third-order valence-corrected chi connectivity index (χ3v) is 2.26. The van der Waals surface area contributed by atoms with Crippen LogP contribution in [0, 0.1) is 6.92 Å². The predicted molar refractivity (Wildman–Crippen MR) is 64.4 cm³/mol. The number of hydrogen-bond acceptors (Lipinski definition) is 4. The Morgan fingerprint density at radius 2 is 2.12 bits per heavy atom. The average molecular weight is 231 g/mol. The van der Waals surface area contributed by atoms with E-state index in [4.69, 9.17) is 4.84 Å². The van der Waals surface area contributed by atoms with E-state index in [1.807, 2.05) is 37.3 Å². The SMILES string of the molecule is Cc1cnc(=O)[nH]c1NOCc1ccccc1. The molecule has 5 heteroatoms. The first-order valence-corrected chi connectivity index (χ1v) is 5.23. The molecule has 0 saturated carbocycles. The van der Waals surface area contributed by atoms with Gasteiger partial charge in [0.15, 0.2) is 0 Å². The van der Waals surface area contributed by atoms with Crippen molar-refractivity contribution in [1.29, 1.82) is 0 Å². The fourth-order valence-corrected chi connectivity index (χ4v) is 1.33. The fraction of sp³-hybridized carbons (Fsp3) is 0.167. The van der Waals surface area contributed by atoms with Crippen molar-refractivity contribution in [3.05, 3.63) is 58.1 Å². The third-order valence-electron chi connectivity index (χ3n) is 2.26. The van der Waals surface area contributed by atoms with E-state index >= 15 is 0 Å². The molecule has 88 valence electrons. The van der Waals surface area contributed by atoms with Gasteiger partial charge < -0.3 is 0 Å². The predicted octanol–water partition coefficient (Wildman–Crippen LogP) is 1.62. The molecule has 0 radical (unpaired) electrons. The van der Waals surface area contributed by atoms with Crippen LogP contribution in [0.5, 0.6) is 0 Å². The zero-order valence-corrected chi connectivity index (χ0v) is 9.43. The van der Waals surface area contributed by atoms with Gasteiger partial charge in [0.1, 0.15) is 5.82 Å². The summed E-state index contributed by atoms with van der Waals surface area (Å²) >= 11 is 0. The van der Waals surface area contributed by atoms with Gasteiger partial charge in [0.05, 0.1) is 6.61 Å². The fourth-order valence-electron chi connectivity index (χ4n) is 1.33. The minimum atomic E-state index is -0.401. The molecule has 2 N–H and O–H groups in total. The molecule has 0 unspecified atom stereocenters. The van der Waals surface area contributed by atoms with Gasteiger partial charge >= 0.3 is 5.69 Å². The Hall–Kier alpha value is -2.14. The maximum atomic E-state index is 11.0. The van der Waals surface area contributed by atoms with E-state index in [0.29, 0.717) is 12.4 Å². The molecule has 0 amide bonds. The van der Waals surface area contributed by atoms with E-state index < -0.39 is 5.69 Å². The highest BCUT2D eigenvalue weighted by atomic mass is 16.6. The monoisotopic (exact) mass is 231 g/mol. The summed E-state index contributed by atoms with van der Waals surface area (Å²) in [6.45, 7) is 2.25. The summed E-state index contributed by atoms with van der Waals surface area (Å²) in [4.78, 5) is 22.5. The lowest BCUT2D eigenvalue weighted by Gasteiger charge is -2.08. The van der Waals surface area contributed by atoms with E-state index in [2.05, 4.69) is 15.4 Å². The van der Waals surface area contributed by atoms with Gasteiger partial charge in [-0.2, -0.15) is 0 Å². The number of aromatic nitrogens is 2. The van der Waals surface area contributed by atoms with Crippen LogP contribution in [0.3, 0.4) is 0 Å². The van der Waals surface area contributed by atoms with Crippen LogP contribution in [0.25, 0.3) is 0 Å². The van der Waals surface area contributed by atoms with Gasteiger partial charge in [-0.1, -0.05) is 30.3 Å². The molecule has 1 aromatic carbocycles. The topological polar surface area (TPSA) is 67.0 Å². The van der Waals surface area contributed by atoms with Crippen LogP contribution in [0.4, 0.5) is 5.82 Å². The number of aromatic amines is 1. The van der Waals surface area contributed by atoms with E-state index in [-0.39, 0.29) is 0 Å². The van der Waals surface area contributed by atoms with Gasteiger partial charge in [0, 0.05) is 11.8 Å². The Balaban J connectivity index is 1.94. The highest BCUT2D eigenvalue weighted by Crippen LogP contribution is 2.07. The molecular formula is C12H13N3O2. The van der Waals surface area contributed by atoms with Crippen molar-refractivity contribution in [3.63, 3.8) is 0 Å². The summed E-state index contributed by atoms with van der Waals surface area (Å²) in [5.41, 5.74) is 4.17. The maximum absolute atomic E-state index is 11.0. The number of anilines is 1. The van der Waals surface area contributed by atoms with Crippen LogP contribution < -0.4 is 11.2 Å². The van der Waals surface area contributed by atoms with E-state index in [1.165, 1.54) is 6.20 Å². The first-order chi connectivity index (χ1) is 8.25. The van der Waals surface area contributed by atoms with Gasteiger partial charge in [-0.25, -0.2) is 9.78 Å². The van der Waals surface area contributed by atoms with Crippen LogP contribution in [0.2, 0.25) is 0 Å². The Kier molecular flexibility index (Phi) is 3.52. The second-order valence-electron chi connectivity index (χ2n) is 3.62. The summed E-state index contributed by atoms with van der Waals surface area (Å²) < 4.78 is 0. The summed E-state index contributed by atoms with van der Waals surface area (Å²) in [6.07, 6.45) is 1.49. The standard InChI is InChI=1S/C12H13N3O2/c1-9-7-13-12(16)14-11(9)15-17-8-10-5-3-2-4-6-10/h2-7H,8H2,1H3,(H2,13,14,15,16). The van der Waals surface area contributed by atoms with Crippen molar-refractivity contribution in [2.45, 2.75) is 13.5 Å². The third kappa shape index (κ3) is 3.15. The molecule has 2 rings (SSSR count). The zero-order valence-electron chi connectivity index (χ0n) is 9.43. The molecule has 5 nitrogen and oxygen atoms in total. The minimum absolute atomic E-state index is 0.401. The molecule has 0 spiro atoms. The lowest BCUT2D eigenvalue weighted by Crippen LogP contribution is -2.14. The van der Waals surface area contributed by atoms with E-state index in [1.54, 1.807) is 0 Å². The number of aryl methyl sites for hydroxylation is 1. The van der Waals surface area contributed by atoms with Crippen molar-refractivity contribution in [3.8, 4) is 0 Å². The minimum Gasteiger partial charge on any atom is -0.290 e. The van der Waals surface area contributed by atoms with Crippen LogP contribution in [0.15, 0.2) is 41.3 Å². The summed E-state index contributed by atoms with van der Waals surface area (Å²) in [5, 5.41) is 0. The molecule has 2 aromatic rings. The lowest BCUT2D eigenvalue weighted by atomic mass is 10.2. The van der Waals surface area contributed by atoms with Crippen LogP contribution in [0.1, 0.15) is 11.1 Å². The maximum Gasteiger partial charge on any atom is 0.346 e. The average Bonchev–Trinajstić information content (AvgIpc) is 2.35. The van der Waals surface area contributed by atoms with Crippen LogP contribution in [-0.4, -0.2) is 9.97 Å². The normalized spacial score (nSPS) is 10.2. The molecule has 1 heterocycles. The molecule has 1 aromatic heterocycles. The number of rotatable bonds is 4. The van der Waals surface area contributed by atoms with Crippen LogP contribution >= 0.6 is 0 Å². The van der Waals surface area contributed by atoms with E-state index in [0.717, 1.165) is 11.1 Å². The quantitative estimate of drug-likeness (QED) is 0.785. The van der Waals surface area contributed by atoms with Crippen molar-refractivity contribution >= 4 is 5.82 Å². The molecular weight excluding hydrogens is 218 g/mol. The number of H-pyrrole nitrogens is 1. The first-order valence-electron chi connectivity index (χ1n) is 5.23. The highest BCUT2D eigenvalue weighted by molar-refractivity contribution is 5.38. The zero-order chi connectivity index (χ0) is 12.1. The number of nitrogens with one attached hydrogen (secondary N) is 2.